The summed E-state index contributed by atoms with van der Waals surface area (Å²) in [6.07, 6.45) is 4.86. The zero-order valence-electron chi connectivity index (χ0n) is 21.1. The molecule has 1 aliphatic carbocycles. The molecule has 2 aromatic rings. The highest BCUT2D eigenvalue weighted by atomic mass is 16.6. The van der Waals surface area contributed by atoms with Gasteiger partial charge in [-0.25, -0.2) is 4.79 Å². The fourth-order valence-electron chi connectivity index (χ4n) is 4.99. The van der Waals surface area contributed by atoms with Crippen LogP contribution in [-0.2, 0) is 17.8 Å². The van der Waals surface area contributed by atoms with Gasteiger partial charge < -0.3 is 9.47 Å². The topological polar surface area (TPSA) is 38.8 Å². The fraction of sp³-hybridized carbons (Fsp3) is 0.552. The quantitative estimate of drug-likeness (QED) is 0.484. The minimum Gasteiger partial charge on any atom is -0.490 e. The van der Waals surface area contributed by atoms with Crippen LogP contribution in [0.25, 0.3) is 11.1 Å². The molecule has 1 amide bonds. The van der Waals surface area contributed by atoms with Crippen molar-refractivity contribution in [3.8, 4) is 16.9 Å². The van der Waals surface area contributed by atoms with Crippen molar-refractivity contribution in [2.24, 2.45) is 11.3 Å². The van der Waals surface area contributed by atoms with Gasteiger partial charge >= 0.3 is 6.09 Å². The molecule has 0 spiro atoms. The lowest BCUT2D eigenvalue weighted by molar-refractivity contribution is 0.0242. The summed E-state index contributed by atoms with van der Waals surface area (Å²) in [5.41, 5.74) is 4.62. The molecule has 33 heavy (non-hydrogen) atoms. The molecule has 0 saturated heterocycles. The molecule has 4 rings (SSSR count). The molecule has 2 aliphatic rings. The van der Waals surface area contributed by atoms with E-state index in [1.165, 1.54) is 24.0 Å². The van der Waals surface area contributed by atoms with Crippen LogP contribution in [0.5, 0.6) is 5.75 Å². The lowest BCUT2D eigenvalue weighted by atomic mass is 9.72. The predicted octanol–water partition coefficient (Wildman–Crippen LogP) is 7.59. The summed E-state index contributed by atoms with van der Waals surface area (Å²) in [6.45, 7) is 14.0. The maximum absolute atomic E-state index is 12.4. The van der Waals surface area contributed by atoms with Crippen molar-refractivity contribution in [1.82, 2.24) is 4.90 Å². The van der Waals surface area contributed by atoms with Crippen molar-refractivity contribution < 1.29 is 14.3 Å². The van der Waals surface area contributed by atoms with Crippen LogP contribution in [0.1, 0.15) is 78.4 Å². The molecule has 1 aliphatic heterocycles. The number of carbonyl (C=O) groups is 1. The van der Waals surface area contributed by atoms with E-state index in [-0.39, 0.29) is 6.09 Å². The van der Waals surface area contributed by atoms with Gasteiger partial charge in [-0.2, -0.15) is 0 Å². The zero-order chi connectivity index (χ0) is 23.8. The molecule has 1 fully saturated rings. The Kier molecular flexibility index (Phi) is 6.48. The van der Waals surface area contributed by atoms with Gasteiger partial charge in [0.1, 0.15) is 11.4 Å². The van der Waals surface area contributed by atoms with E-state index in [4.69, 9.17) is 9.47 Å². The highest BCUT2D eigenvalue weighted by Crippen LogP contribution is 2.39. The van der Waals surface area contributed by atoms with E-state index in [2.05, 4.69) is 63.2 Å². The van der Waals surface area contributed by atoms with Crippen LogP contribution < -0.4 is 4.74 Å². The summed E-state index contributed by atoms with van der Waals surface area (Å²) in [4.78, 5) is 14.2. The van der Waals surface area contributed by atoms with Crippen molar-refractivity contribution >= 4 is 6.09 Å². The second-order valence-corrected chi connectivity index (χ2v) is 11.8. The van der Waals surface area contributed by atoms with Gasteiger partial charge in [0.2, 0.25) is 0 Å². The molecule has 1 heterocycles. The highest BCUT2D eigenvalue weighted by molar-refractivity contribution is 5.71. The third-order valence-electron chi connectivity index (χ3n) is 6.97. The van der Waals surface area contributed by atoms with E-state index in [1.54, 1.807) is 4.90 Å². The van der Waals surface area contributed by atoms with Crippen LogP contribution in [0, 0.1) is 11.3 Å². The number of fused-ring (bicyclic) bond motifs is 1. The monoisotopic (exact) mass is 449 g/mol. The Hall–Kier alpha value is -2.49. The van der Waals surface area contributed by atoms with Crippen LogP contribution in [0.3, 0.4) is 0 Å². The number of ether oxygens (including phenoxy) is 2. The Morgan fingerprint density at radius 2 is 1.42 bits per heavy atom. The standard InChI is InChI=1S/C29H39NO3/c1-28(2,3)24-11-15-26(16-12-24)32-25-13-9-20(10-14-25)21-7-8-22-18-30(19-23(22)17-21)27(31)33-29(4,5)6/h7-10,13-14,17,24,26H,11-12,15-16,18-19H2,1-6H3/t24-,26-. The SMILES string of the molecule is CC(C)(C)OC(=O)N1Cc2ccc(-c3ccc(O[C@H]4CC[C@H](C(C)(C)C)CC4)cc3)cc2C1. The van der Waals surface area contributed by atoms with E-state index in [0.29, 0.717) is 24.6 Å². The summed E-state index contributed by atoms with van der Waals surface area (Å²) < 4.78 is 11.8. The first-order valence-electron chi connectivity index (χ1n) is 12.3. The predicted molar refractivity (Wildman–Crippen MR) is 133 cm³/mol. The van der Waals surface area contributed by atoms with Crippen LogP contribution >= 0.6 is 0 Å². The number of carbonyl (C=O) groups excluding carboxylic acids is 1. The average molecular weight is 450 g/mol. The highest BCUT2D eigenvalue weighted by Gasteiger charge is 2.30. The van der Waals surface area contributed by atoms with Crippen molar-refractivity contribution in [3.05, 3.63) is 53.6 Å². The third-order valence-corrected chi connectivity index (χ3v) is 6.97. The second-order valence-electron chi connectivity index (χ2n) is 11.8. The van der Waals surface area contributed by atoms with E-state index < -0.39 is 5.60 Å². The van der Waals surface area contributed by atoms with E-state index in [0.717, 1.165) is 35.6 Å². The van der Waals surface area contributed by atoms with Gasteiger partial charge in [0.25, 0.3) is 0 Å². The summed E-state index contributed by atoms with van der Waals surface area (Å²) >= 11 is 0. The van der Waals surface area contributed by atoms with Crippen molar-refractivity contribution in [3.63, 3.8) is 0 Å². The zero-order valence-corrected chi connectivity index (χ0v) is 21.1. The Morgan fingerprint density at radius 1 is 0.818 bits per heavy atom. The van der Waals surface area contributed by atoms with Crippen molar-refractivity contribution in [2.75, 3.05) is 0 Å². The Balaban J connectivity index is 1.36. The molecule has 0 radical (unpaired) electrons. The fourth-order valence-corrected chi connectivity index (χ4v) is 4.99. The van der Waals surface area contributed by atoms with Gasteiger partial charge in [0.15, 0.2) is 0 Å². The number of hydrogen-bond donors (Lipinski definition) is 0. The maximum Gasteiger partial charge on any atom is 0.410 e. The van der Waals surface area contributed by atoms with Crippen molar-refractivity contribution in [1.29, 1.82) is 0 Å². The molecular formula is C29H39NO3. The molecule has 0 bridgehead atoms. The maximum atomic E-state index is 12.4. The molecule has 4 heteroatoms. The molecule has 4 nitrogen and oxygen atoms in total. The summed E-state index contributed by atoms with van der Waals surface area (Å²) in [7, 11) is 0. The molecular weight excluding hydrogens is 410 g/mol. The average Bonchev–Trinajstić information content (AvgIpc) is 3.17. The largest absolute Gasteiger partial charge is 0.490 e. The molecule has 0 aromatic heterocycles. The van der Waals surface area contributed by atoms with Gasteiger partial charge in [0, 0.05) is 13.1 Å². The second kappa shape index (κ2) is 9.04. The molecule has 2 aromatic carbocycles. The number of benzene rings is 2. The number of amides is 1. The van der Waals surface area contributed by atoms with Crippen molar-refractivity contribution in [2.45, 2.75) is 92.0 Å². The van der Waals surface area contributed by atoms with E-state index in [9.17, 15) is 4.79 Å². The minimum absolute atomic E-state index is 0.252. The molecule has 178 valence electrons. The smallest absolute Gasteiger partial charge is 0.410 e. The van der Waals surface area contributed by atoms with Gasteiger partial charge in [-0.15, -0.1) is 0 Å². The minimum atomic E-state index is -0.479. The molecule has 0 atom stereocenters. The first-order chi connectivity index (χ1) is 15.5. The normalized spacial score (nSPS) is 21.0. The first kappa shape index (κ1) is 23.7. The summed E-state index contributed by atoms with van der Waals surface area (Å²) in [5.74, 6) is 1.75. The summed E-state index contributed by atoms with van der Waals surface area (Å²) in [6, 6.07) is 14.9. The molecule has 0 N–H and O–H groups in total. The number of rotatable bonds is 3. The van der Waals surface area contributed by atoms with E-state index in [1.807, 2.05) is 20.8 Å². The van der Waals surface area contributed by atoms with Gasteiger partial charge in [-0.1, -0.05) is 45.0 Å². The van der Waals surface area contributed by atoms with Gasteiger partial charge in [-0.05, 0) is 98.2 Å². The number of hydrogen-bond acceptors (Lipinski definition) is 3. The van der Waals surface area contributed by atoms with Crippen LogP contribution in [0.4, 0.5) is 4.79 Å². The molecule has 1 saturated carbocycles. The number of nitrogens with zero attached hydrogens (tertiary/aromatic N) is 1. The lowest BCUT2D eigenvalue weighted by Crippen LogP contribution is -2.33. The van der Waals surface area contributed by atoms with Gasteiger partial charge in [0.05, 0.1) is 6.10 Å². The summed E-state index contributed by atoms with van der Waals surface area (Å²) in [5, 5.41) is 0. The molecule has 0 unspecified atom stereocenters. The first-order valence-corrected chi connectivity index (χ1v) is 12.3. The van der Waals surface area contributed by atoms with Crippen LogP contribution in [0.15, 0.2) is 42.5 Å². The van der Waals surface area contributed by atoms with Crippen LogP contribution in [-0.4, -0.2) is 22.7 Å². The third kappa shape index (κ3) is 5.90. The lowest BCUT2D eigenvalue weighted by Gasteiger charge is -2.36. The van der Waals surface area contributed by atoms with E-state index >= 15 is 0 Å². The Morgan fingerprint density at radius 3 is 2.03 bits per heavy atom. The van der Waals surface area contributed by atoms with Gasteiger partial charge in [-0.3, -0.25) is 4.90 Å². The Labute approximate surface area is 199 Å². The van der Waals surface area contributed by atoms with Crippen LogP contribution in [0.2, 0.25) is 0 Å². The Bertz CT molecular complexity index is 973.